The standard InChI is InChI=1S/C23H14Cl2N2O3/c1-29-19-10-14-12-6-3-5-9-17(12)30-18(14)11-16(19)27-23(28)20-21(24)13-7-2-4-8-15(13)26-22(20)25/h2-11H,1H3,(H,27,28). The zero-order chi connectivity index (χ0) is 20.8. The van der Waals surface area contributed by atoms with Crippen molar-refractivity contribution in [3.63, 3.8) is 0 Å². The molecule has 2 aromatic heterocycles. The molecule has 0 aliphatic carbocycles. The topological polar surface area (TPSA) is 64.4 Å². The van der Waals surface area contributed by atoms with Crippen molar-refractivity contribution in [3.05, 3.63) is 76.4 Å². The van der Waals surface area contributed by atoms with Crippen LogP contribution in [-0.2, 0) is 0 Å². The summed E-state index contributed by atoms with van der Waals surface area (Å²) < 4.78 is 11.4. The average molecular weight is 437 g/mol. The van der Waals surface area contributed by atoms with Crippen molar-refractivity contribution in [1.29, 1.82) is 0 Å². The maximum absolute atomic E-state index is 13.1. The summed E-state index contributed by atoms with van der Waals surface area (Å²) >= 11 is 12.8. The van der Waals surface area contributed by atoms with E-state index in [9.17, 15) is 4.79 Å². The second-order valence-corrected chi connectivity index (χ2v) is 7.45. The highest BCUT2D eigenvalue weighted by Gasteiger charge is 2.21. The third-order valence-electron chi connectivity index (χ3n) is 4.96. The molecular formula is C23H14Cl2N2O3. The summed E-state index contributed by atoms with van der Waals surface area (Å²) in [6.07, 6.45) is 0. The van der Waals surface area contributed by atoms with Gasteiger partial charge in [0.15, 0.2) is 0 Å². The number of aromatic nitrogens is 1. The molecule has 5 nitrogen and oxygen atoms in total. The Morgan fingerprint density at radius 1 is 0.967 bits per heavy atom. The number of ether oxygens (including phenoxy) is 1. The number of para-hydroxylation sites is 2. The second-order valence-electron chi connectivity index (χ2n) is 6.71. The Balaban J connectivity index is 1.61. The van der Waals surface area contributed by atoms with Crippen LogP contribution in [-0.4, -0.2) is 18.0 Å². The number of nitrogens with zero attached hydrogens (tertiary/aromatic N) is 1. The second kappa shape index (κ2) is 7.20. The van der Waals surface area contributed by atoms with Gasteiger partial charge in [-0.25, -0.2) is 4.98 Å². The number of fused-ring (bicyclic) bond motifs is 4. The van der Waals surface area contributed by atoms with Crippen LogP contribution in [0.3, 0.4) is 0 Å². The van der Waals surface area contributed by atoms with Crippen LogP contribution in [0.25, 0.3) is 32.8 Å². The molecule has 5 aromatic rings. The lowest BCUT2D eigenvalue weighted by atomic mass is 10.1. The first kappa shape index (κ1) is 18.7. The lowest BCUT2D eigenvalue weighted by molar-refractivity contribution is 0.102. The Hall–Kier alpha value is -3.28. The largest absolute Gasteiger partial charge is 0.495 e. The third kappa shape index (κ3) is 2.95. The molecule has 0 saturated carbocycles. The van der Waals surface area contributed by atoms with Gasteiger partial charge in [-0.1, -0.05) is 59.6 Å². The number of pyridine rings is 1. The quantitative estimate of drug-likeness (QED) is 0.319. The molecule has 7 heteroatoms. The number of carbonyl (C=O) groups excluding carboxylic acids is 1. The number of amides is 1. The molecule has 1 N–H and O–H groups in total. The Morgan fingerprint density at radius 3 is 2.50 bits per heavy atom. The maximum atomic E-state index is 13.1. The van der Waals surface area contributed by atoms with Gasteiger partial charge in [-0.3, -0.25) is 4.79 Å². The van der Waals surface area contributed by atoms with Crippen LogP contribution in [0.1, 0.15) is 10.4 Å². The van der Waals surface area contributed by atoms with Gasteiger partial charge in [-0.2, -0.15) is 0 Å². The van der Waals surface area contributed by atoms with E-state index in [2.05, 4.69) is 10.3 Å². The molecule has 5 rings (SSSR count). The van der Waals surface area contributed by atoms with E-state index >= 15 is 0 Å². The average Bonchev–Trinajstić information content (AvgIpc) is 3.10. The van der Waals surface area contributed by atoms with E-state index in [0.29, 0.717) is 27.9 Å². The monoisotopic (exact) mass is 436 g/mol. The number of hydrogen-bond acceptors (Lipinski definition) is 4. The predicted molar refractivity (Wildman–Crippen MR) is 120 cm³/mol. The molecule has 30 heavy (non-hydrogen) atoms. The van der Waals surface area contributed by atoms with Gasteiger partial charge in [0.2, 0.25) is 0 Å². The molecule has 1 amide bonds. The smallest absolute Gasteiger partial charge is 0.260 e. The number of benzene rings is 3. The molecule has 0 atom stereocenters. The Kier molecular flexibility index (Phi) is 4.50. The van der Waals surface area contributed by atoms with E-state index in [1.807, 2.05) is 42.5 Å². The van der Waals surface area contributed by atoms with Crippen molar-refractivity contribution in [2.75, 3.05) is 12.4 Å². The van der Waals surface area contributed by atoms with Crippen molar-refractivity contribution >= 4 is 67.6 Å². The molecule has 2 heterocycles. The molecule has 0 radical (unpaired) electrons. The number of methoxy groups -OCH3 is 1. The number of nitrogens with one attached hydrogen (secondary N) is 1. The van der Waals surface area contributed by atoms with E-state index in [-0.39, 0.29) is 15.7 Å². The number of hydrogen-bond donors (Lipinski definition) is 1. The summed E-state index contributed by atoms with van der Waals surface area (Å²) in [7, 11) is 1.54. The van der Waals surface area contributed by atoms with Crippen LogP contribution in [0.4, 0.5) is 5.69 Å². The van der Waals surface area contributed by atoms with Crippen molar-refractivity contribution in [3.8, 4) is 5.75 Å². The highest BCUT2D eigenvalue weighted by Crippen LogP contribution is 2.37. The molecule has 0 aliphatic rings. The number of carbonyl (C=O) groups is 1. The van der Waals surface area contributed by atoms with Gasteiger partial charge < -0.3 is 14.5 Å². The first-order valence-electron chi connectivity index (χ1n) is 9.11. The summed E-state index contributed by atoms with van der Waals surface area (Å²) in [5.74, 6) is 0.000380. The Morgan fingerprint density at radius 2 is 1.70 bits per heavy atom. The molecular weight excluding hydrogens is 423 g/mol. The van der Waals surface area contributed by atoms with Gasteiger partial charge in [-0.15, -0.1) is 0 Å². The van der Waals surface area contributed by atoms with E-state index in [1.165, 1.54) is 7.11 Å². The van der Waals surface area contributed by atoms with Gasteiger partial charge >= 0.3 is 0 Å². The fourth-order valence-electron chi connectivity index (χ4n) is 3.54. The maximum Gasteiger partial charge on any atom is 0.260 e. The molecule has 0 spiro atoms. The Bertz CT molecular complexity index is 1460. The van der Waals surface area contributed by atoms with Crippen molar-refractivity contribution in [1.82, 2.24) is 4.98 Å². The third-order valence-corrected chi connectivity index (χ3v) is 5.63. The normalized spacial score (nSPS) is 11.3. The number of anilines is 1. The van der Waals surface area contributed by atoms with Crippen LogP contribution in [0.5, 0.6) is 5.75 Å². The highest BCUT2D eigenvalue weighted by atomic mass is 35.5. The molecule has 0 bridgehead atoms. The summed E-state index contributed by atoms with van der Waals surface area (Å²) in [6.45, 7) is 0. The van der Waals surface area contributed by atoms with Gasteiger partial charge in [0.05, 0.1) is 28.9 Å². The zero-order valence-electron chi connectivity index (χ0n) is 15.7. The van der Waals surface area contributed by atoms with Crippen LogP contribution in [0, 0.1) is 0 Å². The van der Waals surface area contributed by atoms with Crippen LogP contribution >= 0.6 is 23.2 Å². The summed E-state index contributed by atoms with van der Waals surface area (Å²) in [5, 5.41) is 5.60. The van der Waals surface area contributed by atoms with Crippen molar-refractivity contribution < 1.29 is 13.9 Å². The van der Waals surface area contributed by atoms with Gasteiger partial charge in [-0.05, 0) is 18.2 Å². The first-order chi connectivity index (χ1) is 14.6. The van der Waals surface area contributed by atoms with E-state index in [1.54, 1.807) is 18.2 Å². The number of halogens is 2. The fraction of sp³-hybridized carbons (Fsp3) is 0.0435. The van der Waals surface area contributed by atoms with Crippen LogP contribution < -0.4 is 10.1 Å². The van der Waals surface area contributed by atoms with Crippen molar-refractivity contribution in [2.45, 2.75) is 0 Å². The Labute approximate surface area is 181 Å². The first-order valence-corrected chi connectivity index (χ1v) is 9.87. The minimum absolute atomic E-state index is 0.0278. The zero-order valence-corrected chi connectivity index (χ0v) is 17.2. The van der Waals surface area contributed by atoms with E-state index in [4.69, 9.17) is 32.4 Å². The SMILES string of the molecule is COc1cc2c(cc1NC(=O)c1c(Cl)nc3ccccc3c1Cl)oc1ccccc12. The lowest BCUT2D eigenvalue weighted by Crippen LogP contribution is -2.14. The fourth-order valence-corrected chi connectivity index (χ4v) is 4.19. The number of furan rings is 1. The minimum atomic E-state index is -0.489. The summed E-state index contributed by atoms with van der Waals surface area (Å²) in [5.41, 5.74) is 2.53. The molecule has 0 unspecified atom stereocenters. The van der Waals surface area contributed by atoms with Gasteiger partial charge in [0, 0.05) is 22.2 Å². The van der Waals surface area contributed by atoms with E-state index in [0.717, 1.165) is 16.4 Å². The molecule has 0 saturated heterocycles. The molecule has 148 valence electrons. The number of rotatable bonds is 3. The minimum Gasteiger partial charge on any atom is -0.495 e. The van der Waals surface area contributed by atoms with Crippen molar-refractivity contribution in [2.24, 2.45) is 0 Å². The van der Waals surface area contributed by atoms with E-state index < -0.39 is 5.91 Å². The lowest BCUT2D eigenvalue weighted by Gasteiger charge is -2.13. The van der Waals surface area contributed by atoms with Gasteiger partial charge in [0.1, 0.15) is 22.1 Å². The highest BCUT2D eigenvalue weighted by molar-refractivity contribution is 6.43. The molecule has 0 aliphatic heterocycles. The summed E-state index contributed by atoms with van der Waals surface area (Å²) in [6, 6.07) is 18.5. The van der Waals surface area contributed by atoms with Crippen LogP contribution in [0.15, 0.2) is 65.1 Å². The van der Waals surface area contributed by atoms with Crippen LogP contribution in [0.2, 0.25) is 10.2 Å². The van der Waals surface area contributed by atoms with Gasteiger partial charge in [0.25, 0.3) is 5.91 Å². The predicted octanol–water partition coefficient (Wildman–Crippen LogP) is 6.70. The molecule has 3 aromatic carbocycles. The summed E-state index contributed by atoms with van der Waals surface area (Å²) in [4.78, 5) is 17.4. The molecule has 0 fully saturated rings.